The zero-order valence-corrected chi connectivity index (χ0v) is 24.8. The van der Waals surface area contributed by atoms with E-state index in [2.05, 4.69) is 40.7 Å². The first-order valence-corrected chi connectivity index (χ1v) is 15.7. The minimum Gasteiger partial charge on any atom is -0.494 e. The monoisotopic (exact) mass is 551 g/mol. The second-order valence-electron chi connectivity index (χ2n) is 10.4. The van der Waals surface area contributed by atoms with Gasteiger partial charge in [-0.1, -0.05) is 101 Å². The van der Waals surface area contributed by atoms with Gasteiger partial charge in [-0.15, -0.1) is 0 Å². The molecule has 1 heterocycles. The van der Waals surface area contributed by atoms with Crippen LogP contribution in [0, 0.1) is 6.92 Å². The van der Waals surface area contributed by atoms with Crippen molar-refractivity contribution in [1.82, 2.24) is 0 Å². The molecule has 1 N–H and O–H groups in total. The highest BCUT2D eigenvalue weighted by Crippen LogP contribution is 2.19. The van der Waals surface area contributed by atoms with E-state index in [0.717, 1.165) is 36.6 Å². The number of aromatic nitrogens is 1. The summed E-state index contributed by atoms with van der Waals surface area (Å²) in [6, 6.07) is 15.4. The Morgan fingerprint density at radius 3 is 2.05 bits per heavy atom. The molecule has 39 heavy (non-hydrogen) atoms. The summed E-state index contributed by atoms with van der Waals surface area (Å²) in [5, 5.41) is 5.06. The number of hydrogen-bond donors (Lipinski definition) is 1. The molecule has 0 unspecified atom stereocenters. The van der Waals surface area contributed by atoms with Crippen LogP contribution in [0.4, 0.5) is 5.69 Å². The average Bonchev–Trinajstić information content (AvgIpc) is 3.35. The molecule has 0 bridgehead atoms. The van der Waals surface area contributed by atoms with Crippen molar-refractivity contribution in [1.29, 1.82) is 0 Å². The number of hydrogen-bond acceptors (Lipinski definition) is 4. The fourth-order valence-corrected chi connectivity index (χ4v) is 5.35. The number of rotatable bonds is 20. The number of nitrogens with one attached hydrogen (secondary N) is 1. The maximum absolute atomic E-state index is 12.4. The maximum Gasteiger partial charge on any atom is 0.262 e. The number of anilines is 1. The lowest BCUT2D eigenvalue weighted by molar-refractivity contribution is -0.689. The predicted octanol–water partition coefficient (Wildman–Crippen LogP) is 8.49. The summed E-state index contributed by atoms with van der Waals surface area (Å²) < 4.78 is 13.8. The molecule has 5 nitrogen and oxygen atoms in total. The number of thiazole rings is 1. The van der Waals surface area contributed by atoms with E-state index in [9.17, 15) is 4.79 Å². The number of carbonyl (C=O) groups excluding carboxylic acids is 1. The summed E-state index contributed by atoms with van der Waals surface area (Å²) in [4.78, 5) is 12.4. The Hall–Kier alpha value is -2.86. The number of ether oxygens (including phenoxy) is 2. The molecule has 2 aromatic carbocycles. The number of amides is 1. The first kappa shape index (κ1) is 30.7. The molecule has 1 aromatic heterocycles. The van der Waals surface area contributed by atoms with Crippen molar-refractivity contribution in [2.75, 3.05) is 18.5 Å². The minimum absolute atomic E-state index is 0.0400. The molecule has 0 saturated heterocycles. The van der Waals surface area contributed by atoms with E-state index in [1.54, 1.807) is 11.3 Å². The highest BCUT2D eigenvalue weighted by molar-refractivity contribution is 7.07. The van der Waals surface area contributed by atoms with Crippen LogP contribution in [0.3, 0.4) is 0 Å². The van der Waals surface area contributed by atoms with Crippen molar-refractivity contribution in [3.63, 3.8) is 0 Å². The highest BCUT2D eigenvalue weighted by atomic mass is 32.1. The third-order valence-electron chi connectivity index (χ3n) is 6.90. The molecule has 0 aliphatic carbocycles. The second kappa shape index (κ2) is 18.4. The fraction of sp³-hybridized carbons (Fsp3) is 0.515. The summed E-state index contributed by atoms with van der Waals surface area (Å²) in [5.41, 5.74) is 5.24. The van der Waals surface area contributed by atoms with Crippen LogP contribution in [0.15, 0.2) is 59.4 Å². The van der Waals surface area contributed by atoms with Crippen molar-refractivity contribution < 1.29 is 18.8 Å². The zero-order chi connectivity index (χ0) is 27.5. The Kier molecular flexibility index (Phi) is 14.5. The Balaban J connectivity index is 1.23. The third-order valence-corrected chi connectivity index (χ3v) is 7.76. The minimum atomic E-state index is -0.182. The van der Waals surface area contributed by atoms with E-state index in [4.69, 9.17) is 9.47 Å². The lowest BCUT2D eigenvalue weighted by Crippen LogP contribution is -2.34. The molecule has 0 aliphatic rings. The van der Waals surface area contributed by atoms with Crippen molar-refractivity contribution >= 4 is 22.9 Å². The van der Waals surface area contributed by atoms with Gasteiger partial charge in [-0.25, -0.2) is 0 Å². The molecule has 1 amide bonds. The van der Waals surface area contributed by atoms with E-state index < -0.39 is 0 Å². The van der Waals surface area contributed by atoms with Gasteiger partial charge < -0.3 is 14.8 Å². The number of carbonyl (C=O) groups is 1. The normalized spacial score (nSPS) is 10.9. The predicted molar refractivity (Wildman–Crippen MR) is 162 cm³/mol. The van der Waals surface area contributed by atoms with Crippen LogP contribution in [0.5, 0.6) is 11.5 Å². The van der Waals surface area contributed by atoms with Gasteiger partial charge >= 0.3 is 0 Å². The maximum atomic E-state index is 12.4. The van der Waals surface area contributed by atoms with Crippen molar-refractivity contribution in [2.45, 2.75) is 97.4 Å². The van der Waals surface area contributed by atoms with Gasteiger partial charge in [0, 0.05) is 18.2 Å². The van der Waals surface area contributed by atoms with Crippen molar-refractivity contribution in [2.24, 2.45) is 0 Å². The Morgan fingerprint density at radius 2 is 1.44 bits per heavy atom. The van der Waals surface area contributed by atoms with Gasteiger partial charge in [-0.05, 0) is 42.8 Å². The first-order chi connectivity index (χ1) is 19.1. The van der Waals surface area contributed by atoms with Gasteiger partial charge in [0.15, 0.2) is 18.8 Å². The molecule has 0 atom stereocenters. The smallest absolute Gasteiger partial charge is 0.262 e. The summed E-state index contributed by atoms with van der Waals surface area (Å²) in [6.45, 7) is 5.85. The lowest BCUT2D eigenvalue weighted by Gasteiger charge is -2.10. The van der Waals surface area contributed by atoms with E-state index in [0.29, 0.717) is 5.75 Å². The SMILES string of the molecule is CCCCCCCCCCCCCCOc1ccc(OCC(=O)Nc2cccc(C[n+]3cscc3C)c2)cc1. The van der Waals surface area contributed by atoms with Crippen molar-refractivity contribution in [3.8, 4) is 11.5 Å². The Labute approximate surface area is 239 Å². The molecule has 212 valence electrons. The molecule has 3 rings (SSSR count). The van der Waals surface area contributed by atoms with E-state index in [1.165, 1.54) is 76.3 Å². The topological polar surface area (TPSA) is 51.4 Å². The quantitative estimate of drug-likeness (QED) is 0.113. The zero-order valence-electron chi connectivity index (χ0n) is 24.0. The van der Waals surface area contributed by atoms with Crippen LogP contribution < -0.4 is 19.4 Å². The van der Waals surface area contributed by atoms with Gasteiger partial charge in [0.1, 0.15) is 11.5 Å². The standard InChI is InChI=1S/C33H46N2O3S/c1-3-4-5-6-7-8-9-10-11-12-13-14-22-37-31-18-20-32(21-19-31)38-25-33(36)34-30-17-15-16-29(23-30)24-35-27-39-26-28(35)2/h15-21,23,26-27H,3-14,22,24-25H2,1-2H3/p+1. The number of nitrogens with zero attached hydrogens (tertiary/aromatic N) is 1. The molecular formula is C33H47N2O3S+. The van der Waals surface area contributed by atoms with Gasteiger partial charge in [-0.3, -0.25) is 4.79 Å². The number of aryl methyl sites for hydroxylation is 1. The summed E-state index contributed by atoms with van der Waals surface area (Å²) in [7, 11) is 0. The van der Waals surface area contributed by atoms with E-state index in [1.807, 2.05) is 42.5 Å². The Morgan fingerprint density at radius 1 is 0.821 bits per heavy atom. The molecule has 3 aromatic rings. The fourth-order valence-electron chi connectivity index (χ4n) is 4.57. The van der Waals surface area contributed by atoms with Crippen LogP contribution in [0.25, 0.3) is 0 Å². The molecular weight excluding hydrogens is 504 g/mol. The summed E-state index contributed by atoms with van der Waals surface area (Å²) >= 11 is 1.69. The first-order valence-electron chi connectivity index (χ1n) is 14.8. The second-order valence-corrected chi connectivity index (χ2v) is 11.1. The Bertz CT molecular complexity index is 1080. The van der Waals surface area contributed by atoms with Gasteiger partial charge in [0.2, 0.25) is 5.51 Å². The third kappa shape index (κ3) is 12.7. The molecule has 0 radical (unpaired) electrons. The molecule has 6 heteroatoms. The average molecular weight is 552 g/mol. The van der Waals surface area contributed by atoms with E-state index in [-0.39, 0.29) is 12.5 Å². The largest absolute Gasteiger partial charge is 0.494 e. The molecule has 0 aliphatic heterocycles. The highest BCUT2D eigenvalue weighted by Gasteiger charge is 2.10. The number of unbranched alkanes of at least 4 members (excludes halogenated alkanes) is 11. The lowest BCUT2D eigenvalue weighted by atomic mass is 10.1. The van der Waals surface area contributed by atoms with Crippen LogP contribution >= 0.6 is 11.3 Å². The summed E-state index contributed by atoms with van der Waals surface area (Å²) in [6.07, 6.45) is 16.1. The summed E-state index contributed by atoms with van der Waals surface area (Å²) in [5.74, 6) is 1.31. The molecule has 0 fully saturated rings. The van der Waals surface area contributed by atoms with E-state index >= 15 is 0 Å². The van der Waals surface area contributed by atoms with Crippen LogP contribution in [-0.2, 0) is 11.3 Å². The molecule has 0 spiro atoms. The van der Waals surface area contributed by atoms with Crippen LogP contribution in [0.2, 0.25) is 0 Å². The van der Waals surface area contributed by atoms with Gasteiger partial charge in [0.05, 0.1) is 12.0 Å². The van der Waals surface area contributed by atoms with Crippen LogP contribution in [0.1, 0.15) is 95.2 Å². The van der Waals surface area contributed by atoms with Gasteiger partial charge in [-0.2, -0.15) is 4.57 Å². The van der Waals surface area contributed by atoms with Crippen molar-refractivity contribution in [3.05, 3.63) is 70.7 Å². The molecule has 0 saturated carbocycles. The van der Waals surface area contributed by atoms with Crippen LogP contribution in [-0.4, -0.2) is 19.1 Å². The van der Waals surface area contributed by atoms with Gasteiger partial charge in [0.25, 0.3) is 5.91 Å². The number of benzene rings is 2.